The third kappa shape index (κ3) is 3.69. The van der Waals surface area contributed by atoms with Crippen molar-refractivity contribution in [2.75, 3.05) is 6.54 Å². The van der Waals surface area contributed by atoms with Crippen LogP contribution in [0.2, 0.25) is 0 Å². The summed E-state index contributed by atoms with van der Waals surface area (Å²) in [6.45, 7) is 6.15. The van der Waals surface area contributed by atoms with Crippen LogP contribution in [0.1, 0.15) is 40.0 Å². The Morgan fingerprint density at radius 1 is 1.37 bits per heavy atom. The predicted octanol–water partition coefficient (Wildman–Crippen LogP) is 1.88. The van der Waals surface area contributed by atoms with Crippen molar-refractivity contribution in [1.29, 1.82) is 5.26 Å². The molecule has 0 spiro atoms. The van der Waals surface area contributed by atoms with Gasteiger partial charge in [0, 0.05) is 12.6 Å². The standard InChI is InChI=1S/C14H22N2O3/c1-9(2)16(6-4-5-15)13(17)11-7-10(3)8-12(11)14(18)19/h9-12H,4,6-8H2,1-3H3,(H,18,19). The maximum Gasteiger partial charge on any atom is 0.307 e. The molecule has 106 valence electrons. The molecular formula is C14H22N2O3. The van der Waals surface area contributed by atoms with Crippen molar-refractivity contribution in [1.82, 2.24) is 4.90 Å². The minimum Gasteiger partial charge on any atom is -0.481 e. The first-order valence-corrected chi connectivity index (χ1v) is 6.78. The van der Waals surface area contributed by atoms with Gasteiger partial charge >= 0.3 is 5.97 Å². The average molecular weight is 266 g/mol. The number of carbonyl (C=O) groups is 2. The van der Waals surface area contributed by atoms with Crippen LogP contribution < -0.4 is 0 Å². The molecular weight excluding hydrogens is 244 g/mol. The van der Waals surface area contributed by atoms with Gasteiger partial charge in [-0.05, 0) is 32.6 Å². The van der Waals surface area contributed by atoms with Gasteiger partial charge in [0.15, 0.2) is 0 Å². The van der Waals surface area contributed by atoms with E-state index in [1.807, 2.05) is 26.8 Å². The lowest BCUT2D eigenvalue weighted by Crippen LogP contribution is -2.43. The summed E-state index contributed by atoms with van der Waals surface area (Å²) in [5.74, 6) is -1.74. The normalized spacial score (nSPS) is 26.2. The maximum atomic E-state index is 12.5. The van der Waals surface area contributed by atoms with E-state index in [4.69, 9.17) is 5.26 Å². The molecule has 0 aromatic heterocycles. The number of nitrogens with zero attached hydrogens (tertiary/aromatic N) is 2. The summed E-state index contributed by atoms with van der Waals surface area (Å²) in [5.41, 5.74) is 0. The van der Waals surface area contributed by atoms with Crippen LogP contribution in [0.4, 0.5) is 0 Å². The molecule has 1 aliphatic carbocycles. The Balaban J connectivity index is 2.83. The molecule has 3 unspecified atom stereocenters. The van der Waals surface area contributed by atoms with Gasteiger partial charge in [0.25, 0.3) is 0 Å². The minimum absolute atomic E-state index is 0.00815. The first-order valence-electron chi connectivity index (χ1n) is 6.78. The number of carboxylic acids is 1. The second-order valence-electron chi connectivity index (χ2n) is 5.66. The monoisotopic (exact) mass is 266 g/mol. The molecule has 5 nitrogen and oxygen atoms in total. The first kappa shape index (κ1) is 15.5. The summed E-state index contributed by atoms with van der Waals surface area (Å²) in [6.07, 6.45) is 1.48. The Morgan fingerprint density at radius 3 is 2.42 bits per heavy atom. The molecule has 0 saturated heterocycles. The molecule has 0 radical (unpaired) electrons. The molecule has 1 aliphatic rings. The highest BCUT2D eigenvalue weighted by Crippen LogP contribution is 2.37. The van der Waals surface area contributed by atoms with Crippen LogP contribution in [-0.2, 0) is 9.59 Å². The van der Waals surface area contributed by atoms with Crippen LogP contribution >= 0.6 is 0 Å². The topological polar surface area (TPSA) is 81.4 Å². The smallest absolute Gasteiger partial charge is 0.307 e. The molecule has 1 amide bonds. The van der Waals surface area contributed by atoms with Crippen molar-refractivity contribution in [3.05, 3.63) is 0 Å². The molecule has 0 bridgehead atoms. The molecule has 19 heavy (non-hydrogen) atoms. The lowest BCUT2D eigenvalue weighted by Gasteiger charge is -2.30. The summed E-state index contributed by atoms with van der Waals surface area (Å²) < 4.78 is 0. The summed E-state index contributed by atoms with van der Waals surface area (Å²) in [5, 5.41) is 17.9. The van der Waals surface area contributed by atoms with E-state index >= 15 is 0 Å². The zero-order valence-electron chi connectivity index (χ0n) is 11.8. The van der Waals surface area contributed by atoms with Gasteiger partial charge in [-0.15, -0.1) is 0 Å². The number of nitriles is 1. The van der Waals surface area contributed by atoms with Crippen molar-refractivity contribution in [3.8, 4) is 6.07 Å². The summed E-state index contributed by atoms with van der Waals surface area (Å²) in [7, 11) is 0. The summed E-state index contributed by atoms with van der Waals surface area (Å²) >= 11 is 0. The lowest BCUT2D eigenvalue weighted by molar-refractivity contribution is -0.149. The maximum absolute atomic E-state index is 12.5. The van der Waals surface area contributed by atoms with Crippen molar-refractivity contribution in [3.63, 3.8) is 0 Å². The highest BCUT2D eigenvalue weighted by molar-refractivity contribution is 5.85. The molecule has 3 atom stereocenters. The fourth-order valence-electron chi connectivity index (χ4n) is 2.84. The van der Waals surface area contributed by atoms with Gasteiger partial charge in [0.2, 0.25) is 5.91 Å². The van der Waals surface area contributed by atoms with Crippen LogP contribution in [0, 0.1) is 29.1 Å². The third-order valence-corrected chi connectivity index (χ3v) is 3.80. The van der Waals surface area contributed by atoms with Crippen molar-refractivity contribution in [2.24, 2.45) is 17.8 Å². The van der Waals surface area contributed by atoms with Gasteiger partial charge in [0.1, 0.15) is 0 Å². The van der Waals surface area contributed by atoms with Gasteiger partial charge in [-0.1, -0.05) is 6.92 Å². The van der Waals surface area contributed by atoms with Crippen LogP contribution in [0.15, 0.2) is 0 Å². The second kappa shape index (κ2) is 6.55. The Kier molecular flexibility index (Phi) is 5.34. The van der Waals surface area contributed by atoms with Crippen LogP contribution in [0.3, 0.4) is 0 Å². The van der Waals surface area contributed by atoms with Gasteiger partial charge in [-0.25, -0.2) is 0 Å². The second-order valence-corrected chi connectivity index (χ2v) is 5.66. The van der Waals surface area contributed by atoms with Crippen LogP contribution in [-0.4, -0.2) is 34.5 Å². The van der Waals surface area contributed by atoms with Gasteiger partial charge in [0.05, 0.1) is 24.3 Å². The SMILES string of the molecule is CC1CC(C(=O)O)C(C(=O)N(CCC#N)C(C)C)C1. The summed E-state index contributed by atoms with van der Waals surface area (Å²) in [6, 6.07) is 2.02. The number of amides is 1. The average Bonchev–Trinajstić information content (AvgIpc) is 2.71. The van der Waals surface area contributed by atoms with Crippen molar-refractivity contribution >= 4 is 11.9 Å². The van der Waals surface area contributed by atoms with E-state index < -0.39 is 17.8 Å². The quantitative estimate of drug-likeness (QED) is 0.823. The number of hydrogen-bond acceptors (Lipinski definition) is 3. The number of carboxylic acid groups (broad SMARTS) is 1. The molecule has 1 rings (SSSR count). The molecule has 0 heterocycles. The zero-order chi connectivity index (χ0) is 14.6. The van der Waals surface area contributed by atoms with E-state index in [-0.39, 0.29) is 24.3 Å². The summed E-state index contributed by atoms with van der Waals surface area (Å²) in [4.78, 5) is 25.4. The Morgan fingerprint density at radius 2 is 1.95 bits per heavy atom. The van der Waals surface area contributed by atoms with E-state index in [9.17, 15) is 14.7 Å². The van der Waals surface area contributed by atoms with E-state index in [0.717, 1.165) is 0 Å². The predicted molar refractivity (Wildman–Crippen MR) is 70.1 cm³/mol. The highest BCUT2D eigenvalue weighted by atomic mass is 16.4. The Labute approximate surface area is 114 Å². The van der Waals surface area contributed by atoms with E-state index in [0.29, 0.717) is 19.4 Å². The highest BCUT2D eigenvalue weighted by Gasteiger charge is 2.43. The molecule has 0 aromatic carbocycles. The van der Waals surface area contributed by atoms with E-state index in [1.165, 1.54) is 0 Å². The third-order valence-electron chi connectivity index (χ3n) is 3.80. The van der Waals surface area contributed by atoms with E-state index in [1.54, 1.807) is 4.90 Å². The molecule has 1 saturated carbocycles. The first-order chi connectivity index (χ1) is 8.88. The number of carbonyl (C=O) groups excluding carboxylic acids is 1. The lowest BCUT2D eigenvalue weighted by atomic mass is 9.94. The van der Waals surface area contributed by atoms with Gasteiger partial charge in [-0.2, -0.15) is 5.26 Å². The Hall–Kier alpha value is -1.57. The largest absolute Gasteiger partial charge is 0.481 e. The van der Waals surface area contributed by atoms with Crippen LogP contribution in [0.25, 0.3) is 0 Å². The minimum atomic E-state index is -0.883. The number of aliphatic carboxylic acids is 1. The fourth-order valence-corrected chi connectivity index (χ4v) is 2.84. The van der Waals surface area contributed by atoms with Gasteiger partial charge < -0.3 is 10.0 Å². The number of rotatable bonds is 5. The number of hydrogen-bond donors (Lipinski definition) is 1. The van der Waals surface area contributed by atoms with Crippen molar-refractivity contribution < 1.29 is 14.7 Å². The Bertz CT molecular complexity index is 387. The van der Waals surface area contributed by atoms with Crippen LogP contribution in [0.5, 0.6) is 0 Å². The van der Waals surface area contributed by atoms with Crippen molar-refractivity contribution in [2.45, 2.75) is 46.1 Å². The van der Waals surface area contributed by atoms with Gasteiger partial charge in [-0.3, -0.25) is 9.59 Å². The zero-order valence-corrected chi connectivity index (χ0v) is 11.8. The molecule has 0 aliphatic heterocycles. The molecule has 0 aromatic rings. The molecule has 1 N–H and O–H groups in total. The molecule has 1 fully saturated rings. The fraction of sp³-hybridized carbons (Fsp3) is 0.786. The molecule has 5 heteroatoms. The van der Waals surface area contributed by atoms with E-state index in [2.05, 4.69) is 0 Å².